The van der Waals surface area contributed by atoms with Crippen molar-refractivity contribution in [2.24, 2.45) is 0 Å². The number of nitrogens with zero attached hydrogens (tertiary/aromatic N) is 3. The Kier molecular flexibility index (Phi) is 4.34. The third-order valence-electron chi connectivity index (χ3n) is 4.25. The molecule has 0 amide bonds. The van der Waals surface area contributed by atoms with Gasteiger partial charge in [0.15, 0.2) is 0 Å². The first-order chi connectivity index (χ1) is 12.5. The van der Waals surface area contributed by atoms with Gasteiger partial charge in [-0.1, -0.05) is 29.8 Å². The quantitative estimate of drug-likeness (QED) is 0.510. The molecule has 4 aromatic rings. The molecule has 0 aliphatic rings. The zero-order chi connectivity index (χ0) is 18.3. The Hall–Kier alpha value is -2.50. The van der Waals surface area contributed by atoms with Crippen LogP contribution >= 0.6 is 22.9 Å². The van der Waals surface area contributed by atoms with E-state index >= 15 is 0 Å². The van der Waals surface area contributed by atoms with Gasteiger partial charge in [-0.25, -0.2) is 9.97 Å². The van der Waals surface area contributed by atoms with E-state index in [9.17, 15) is 4.79 Å². The third-order valence-corrected chi connectivity index (χ3v) is 5.34. The Morgan fingerprint density at radius 3 is 2.62 bits per heavy atom. The first-order valence-corrected chi connectivity index (χ1v) is 9.45. The molecule has 4 nitrogen and oxygen atoms in total. The van der Waals surface area contributed by atoms with Gasteiger partial charge in [0.1, 0.15) is 10.7 Å². The average Bonchev–Trinajstić information content (AvgIpc) is 3.09. The molecular formula is C20H16ClN3OS. The molecule has 0 saturated carbocycles. The van der Waals surface area contributed by atoms with Crippen LogP contribution in [0.25, 0.3) is 22.3 Å². The molecule has 0 unspecified atom stereocenters. The van der Waals surface area contributed by atoms with E-state index in [2.05, 4.69) is 4.98 Å². The first kappa shape index (κ1) is 16.9. The number of rotatable bonds is 3. The van der Waals surface area contributed by atoms with Gasteiger partial charge in [0, 0.05) is 16.0 Å². The summed E-state index contributed by atoms with van der Waals surface area (Å²) in [6, 6.07) is 13.5. The van der Waals surface area contributed by atoms with E-state index in [1.54, 1.807) is 22.8 Å². The number of aryl methyl sites for hydroxylation is 2. The second kappa shape index (κ2) is 6.67. The van der Waals surface area contributed by atoms with E-state index in [-0.39, 0.29) is 5.56 Å². The molecule has 2 aromatic heterocycles. The van der Waals surface area contributed by atoms with E-state index in [0.29, 0.717) is 17.3 Å². The van der Waals surface area contributed by atoms with E-state index in [1.165, 1.54) is 0 Å². The summed E-state index contributed by atoms with van der Waals surface area (Å²) in [6.07, 6.45) is 0. The topological polar surface area (TPSA) is 47.8 Å². The van der Waals surface area contributed by atoms with Crippen LogP contribution in [-0.4, -0.2) is 14.5 Å². The van der Waals surface area contributed by atoms with Crippen LogP contribution in [0.4, 0.5) is 0 Å². The predicted molar refractivity (Wildman–Crippen MR) is 107 cm³/mol. The van der Waals surface area contributed by atoms with Gasteiger partial charge in [-0.15, -0.1) is 11.3 Å². The van der Waals surface area contributed by atoms with Crippen LogP contribution in [0.1, 0.15) is 16.3 Å². The molecule has 0 aliphatic heterocycles. The molecule has 0 radical (unpaired) electrons. The summed E-state index contributed by atoms with van der Waals surface area (Å²) in [5.74, 6) is 0. The van der Waals surface area contributed by atoms with Crippen molar-refractivity contribution >= 4 is 34.0 Å². The molecule has 0 bridgehead atoms. The van der Waals surface area contributed by atoms with Crippen molar-refractivity contribution < 1.29 is 0 Å². The summed E-state index contributed by atoms with van der Waals surface area (Å²) >= 11 is 7.50. The molecule has 4 rings (SSSR count). The smallest absolute Gasteiger partial charge is 0.272 e. The Bertz CT molecular complexity index is 1160. The maximum absolute atomic E-state index is 12.7. The van der Waals surface area contributed by atoms with E-state index in [4.69, 9.17) is 16.6 Å². The summed E-state index contributed by atoms with van der Waals surface area (Å²) in [6.45, 7) is 4.19. The fraction of sp³-hybridized carbons (Fsp3) is 0.150. The molecule has 6 heteroatoms. The zero-order valence-corrected chi connectivity index (χ0v) is 15.9. The van der Waals surface area contributed by atoms with Crippen LogP contribution in [-0.2, 0) is 6.54 Å². The third kappa shape index (κ3) is 3.16. The number of thiazole rings is 1. The maximum Gasteiger partial charge on any atom is 0.272 e. The molecule has 2 heterocycles. The average molecular weight is 382 g/mol. The molecule has 0 spiro atoms. The van der Waals surface area contributed by atoms with Gasteiger partial charge in [-0.05, 0) is 43.7 Å². The van der Waals surface area contributed by atoms with Crippen molar-refractivity contribution in [3.8, 4) is 11.3 Å². The lowest BCUT2D eigenvalue weighted by Gasteiger charge is -2.10. The standard InChI is InChI=1S/C20H16ClN3OS/c1-12-3-8-16-18(9-12)24(20(25)13(2)22-16)10-19-23-17(11-26-19)14-4-6-15(21)7-5-14/h3-9,11H,10H2,1-2H3. The minimum atomic E-state index is -0.0775. The van der Waals surface area contributed by atoms with Gasteiger partial charge in [-0.3, -0.25) is 9.36 Å². The lowest BCUT2D eigenvalue weighted by Crippen LogP contribution is -2.24. The second-order valence-electron chi connectivity index (χ2n) is 6.21. The molecule has 0 saturated heterocycles. The Balaban J connectivity index is 1.76. The number of hydrogen-bond acceptors (Lipinski definition) is 4. The first-order valence-electron chi connectivity index (χ1n) is 8.19. The van der Waals surface area contributed by atoms with Crippen molar-refractivity contribution in [3.05, 3.63) is 79.5 Å². The Morgan fingerprint density at radius 2 is 1.85 bits per heavy atom. The predicted octanol–water partition coefficient (Wildman–Crippen LogP) is 4.84. The minimum Gasteiger partial charge on any atom is -0.298 e. The molecule has 26 heavy (non-hydrogen) atoms. The van der Waals surface area contributed by atoms with Crippen molar-refractivity contribution in [2.45, 2.75) is 20.4 Å². The summed E-state index contributed by atoms with van der Waals surface area (Å²) in [5.41, 5.74) is 5.07. The van der Waals surface area contributed by atoms with Crippen molar-refractivity contribution in [1.82, 2.24) is 14.5 Å². The highest BCUT2D eigenvalue weighted by Crippen LogP contribution is 2.24. The Labute approximate surface area is 159 Å². The summed E-state index contributed by atoms with van der Waals surface area (Å²) in [7, 11) is 0. The second-order valence-corrected chi connectivity index (χ2v) is 7.59. The highest BCUT2D eigenvalue weighted by Gasteiger charge is 2.12. The molecular weight excluding hydrogens is 366 g/mol. The monoisotopic (exact) mass is 381 g/mol. The van der Waals surface area contributed by atoms with Crippen LogP contribution in [0.5, 0.6) is 0 Å². The highest BCUT2D eigenvalue weighted by molar-refractivity contribution is 7.09. The van der Waals surface area contributed by atoms with Crippen LogP contribution in [0.2, 0.25) is 5.02 Å². The van der Waals surface area contributed by atoms with Crippen molar-refractivity contribution in [2.75, 3.05) is 0 Å². The fourth-order valence-electron chi connectivity index (χ4n) is 2.91. The van der Waals surface area contributed by atoms with Gasteiger partial charge in [0.05, 0.1) is 23.3 Å². The van der Waals surface area contributed by atoms with Gasteiger partial charge in [0.25, 0.3) is 5.56 Å². The SMILES string of the molecule is Cc1ccc2nc(C)c(=O)n(Cc3nc(-c4ccc(Cl)cc4)cs3)c2c1. The highest BCUT2D eigenvalue weighted by atomic mass is 35.5. The Morgan fingerprint density at radius 1 is 1.08 bits per heavy atom. The van der Waals surface area contributed by atoms with Gasteiger partial charge < -0.3 is 0 Å². The molecule has 0 fully saturated rings. The van der Waals surface area contributed by atoms with Crippen LogP contribution in [0.15, 0.2) is 52.6 Å². The number of benzene rings is 2. The number of halogens is 1. The van der Waals surface area contributed by atoms with Crippen molar-refractivity contribution in [1.29, 1.82) is 0 Å². The summed E-state index contributed by atoms with van der Waals surface area (Å²) in [4.78, 5) is 21.8. The maximum atomic E-state index is 12.7. The lowest BCUT2D eigenvalue weighted by atomic mass is 10.2. The van der Waals surface area contributed by atoms with Crippen LogP contribution in [0.3, 0.4) is 0 Å². The fourth-order valence-corrected chi connectivity index (χ4v) is 3.82. The minimum absolute atomic E-state index is 0.0775. The van der Waals surface area contributed by atoms with Gasteiger partial charge in [0.2, 0.25) is 0 Å². The number of aromatic nitrogens is 3. The van der Waals surface area contributed by atoms with Crippen LogP contribution in [0, 0.1) is 13.8 Å². The van der Waals surface area contributed by atoms with E-state index in [0.717, 1.165) is 32.9 Å². The van der Waals surface area contributed by atoms with Gasteiger partial charge >= 0.3 is 0 Å². The summed E-state index contributed by atoms with van der Waals surface area (Å²) in [5, 5.41) is 3.58. The molecule has 0 aliphatic carbocycles. The van der Waals surface area contributed by atoms with Crippen LogP contribution < -0.4 is 5.56 Å². The normalized spacial score (nSPS) is 11.2. The molecule has 0 N–H and O–H groups in total. The van der Waals surface area contributed by atoms with Gasteiger partial charge in [-0.2, -0.15) is 0 Å². The molecule has 2 aromatic carbocycles. The summed E-state index contributed by atoms with van der Waals surface area (Å²) < 4.78 is 1.76. The molecule has 0 atom stereocenters. The number of hydrogen-bond donors (Lipinski definition) is 0. The zero-order valence-electron chi connectivity index (χ0n) is 14.4. The van der Waals surface area contributed by atoms with Crippen molar-refractivity contribution in [3.63, 3.8) is 0 Å². The lowest BCUT2D eigenvalue weighted by molar-refractivity contribution is 0.771. The largest absolute Gasteiger partial charge is 0.298 e. The molecule has 130 valence electrons. The van der Waals surface area contributed by atoms with E-state index < -0.39 is 0 Å². The van der Waals surface area contributed by atoms with E-state index in [1.807, 2.05) is 54.8 Å². The number of fused-ring (bicyclic) bond motifs is 1.